The average molecular weight is 359 g/mol. The van der Waals surface area contributed by atoms with Crippen LogP contribution in [0.2, 0.25) is 0 Å². The summed E-state index contributed by atoms with van der Waals surface area (Å²) in [5.74, 6) is 1.09. The molecule has 4 rings (SSSR count). The molecule has 10 radical (unpaired) electrons. The van der Waals surface area contributed by atoms with E-state index in [1.54, 1.807) is 0 Å². The Hall–Kier alpha value is -0.631. The van der Waals surface area contributed by atoms with Gasteiger partial charge in [-0.2, -0.15) is 0 Å². The second-order valence-electron chi connectivity index (χ2n) is 5.84. The average Bonchev–Trinajstić information content (AvgIpc) is 3.13. The van der Waals surface area contributed by atoms with Crippen molar-refractivity contribution in [2.24, 2.45) is 0 Å². The summed E-state index contributed by atoms with van der Waals surface area (Å²) < 4.78 is 0. The minimum absolute atomic E-state index is 0. The molecule has 24 heavy (non-hydrogen) atoms. The van der Waals surface area contributed by atoms with Gasteiger partial charge in [-0.15, -0.1) is 0 Å². The Morgan fingerprint density at radius 1 is 0.917 bits per heavy atom. The van der Waals surface area contributed by atoms with Crippen LogP contribution in [0.25, 0.3) is 0 Å². The molecule has 1 aromatic carbocycles. The molecule has 0 N–H and O–H groups in total. The van der Waals surface area contributed by atoms with Crippen molar-refractivity contribution in [3.63, 3.8) is 0 Å². The third-order valence-corrected chi connectivity index (χ3v) is 4.23. The van der Waals surface area contributed by atoms with Crippen LogP contribution < -0.4 is 0 Å². The van der Waals surface area contributed by atoms with Gasteiger partial charge in [0.05, 0.1) is 12.0 Å². The van der Waals surface area contributed by atoms with Crippen LogP contribution in [0.15, 0.2) is 30.3 Å². The fourth-order valence-electron chi connectivity index (χ4n) is 2.84. The zero-order chi connectivity index (χ0) is 16.1. The maximum absolute atomic E-state index is 12.2. The van der Waals surface area contributed by atoms with E-state index < -0.39 is 0 Å². The van der Waals surface area contributed by atoms with Gasteiger partial charge in [0.1, 0.15) is 0 Å². The molecule has 3 heteroatoms. The molecule has 2 nitrogen and oxygen atoms in total. The molecule has 0 amide bonds. The van der Waals surface area contributed by atoms with Crippen LogP contribution in [-0.4, -0.2) is 22.8 Å². The van der Waals surface area contributed by atoms with Gasteiger partial charge < -0.3 is 0 Å². The van der Waals surface area contributed by atoms with Crippen LogP contribution in [0, 0.1) is 63.7 Å². The predicted octanol–water partition coefficient (Wildman–Crippen LogP) is 3.25. The van der Waals surface area contributed by atoms with Crippen LogP contribution in [0.1, 0.15) is 12.5 Å². The minimum atomic E-state index is 0. The second-order valence-corrected chi connectivity index (χ2v) is 5.84. The van der Waals surface area contributed by atoms with Crippen LogP contribution in [0.5, 0.6) is 0 Å². The van der Waals surface area contributed by atoms with E-state index in [1.807, 2.05) is 76.0 Å². The Balaban J connectivity index is 0.000000300. The van der Waals surface area contributed by atoms with Gasteiger partial charge in [0.15, 0.2) is 5.78 Å². The van der Waals surface area contributed by atoms with Gasteiger partial charge in [0.2, 0.25) is 0 Å². The maximum Gasteiger partial charge on any atom is 2.00 e. The van der Waals surface area contributed by atoms with Crippen molar-refractivity contribution in [1.29, 1.82) is 0 Å². The number of hydrogen-bond donors (Lipinski definition) is 0. The van der Waals surface area contributed by atoms with Gasteiger partial charge in [-0.05, 0) is 70.3 Å². The Labute approximate surface area is 157 Å². The van der Waals surface area contributed by atoms with Gasteiger partial charge >= 0.3 is 17.1 Å². The Bertz CT molecular complexity index is 486. The van der Waals surface area contributed by atoms with Gasteiger partial charge in [0.25, 0.3) is 0 Å². The van der Waals surface area contributed by atoms with Crippen LogP contribution in [0.3, 0.4) is 0 Å². The molecule has 2 aliphatic carbocycles. The monoisotopic (exact) mass is 359 g/mol. The SMILES string of the molecule is C[C@H]1[C@@H](C(=O)[C]2[CH][CH][CH][CH]2)N1Cc1ccccc1.[CH]1[CH][CH][CH][CH]1.[Fe+2]. The van der Waals surface area contributed by atoms with Gasteiger partial charge in [-0.1, -0.05) is 30.3 Å². The van der Waals surface area contributed by atoms with Crippen molar-refractivity contribution < 1.29 is 21.9 Å². The smallest absolute Gasteiger partial charge is 0.297 e. The number of benzene rings is 1. The third-order valence-electron chi connectivity index (χ3n) is 4.23. The molecule has 122 valence electrons. The molecule has 1 heterocycles. The summed E-state index contributed by atoms with van der Waals surface area (Å²) in [6.07, 6.45) is 17.6. The van der Waals surface area contributed by atoms with E-state index in [2.05, 4.69) is 24.0 Å². The zero-order valence-corrected chi connectivity index (χ0v) is 14.8. The summed E-state index contributed by atoms with van der Waals surface area (Å²) in [4.78, 5) is 14.5. The molecule has 3 aliphatic rings. The van der Waals surface area contributed by atoms with Crippen molar-refractivity contribution >= 4 is 5.78 Å². The first-order valence-electron chi connectivity index (χ1n) is 7.99. The normalized spacial score (nSPS) is 28.6. The molecular formula is C21H21FeNO+2. The number of carbonyl (C=O) groups is 1. The molecule has 2 saturated carbocycles. The van der Waals surface area contributed by atoms with Crippen LogP contribution in [0.4, 0.5) is 0 Å². The van der Waals surface area contributed by atoms with E-state index >= 15 is 0 Å². The van der Waals surface area contributed by atoms with Gasteiger partial charge in [-0.25, -0.2) is 0 Å². The predicted molar refractivity (Wildman–Crippen MR) is 92.2 cm³/mol. The first-order valence-corrected chi connectivity index (χ1v) is 7.99. The Kier molecular flexibility index (Phi) is 8.00. The Morgan fingerprint density at radius 2 is 1.46 bits per heavy atom. The molecule has 0 spiro atoms. The Morgan fingerprint density at radius 3 is 2.00 bits per heavy atom. The zero-order valence-electron chi connectivity index (χ0n) is 13.7. The van der Waals surface area contributed by atoms with E-state index in [4.69, 9.17) is 0 Å². The van der Waals surface area contributed by atoms with E-state index in [1.165, 1.54) is 5.56 Å². The second kappa shape index (κ2) is 9.75. The number of Topliss-reactive ketones (excluding diaryl/α,β-unsaturated/α-hetero) is 1. The van der Waals surface area contributed by atoms with E-state index in [0.29, 0.717) is 6.04 Å². The standard InChI is InChI=1S/C16H16NO.C5H5.Fe/c1-12-15(16(18)14-9-5-6-10-14)17(12)11-13-7-3-2-4-8-13;1-2-4-5-3-1;/h2-10,12,15H,11H2,1H3;1-5H;/q;;+2/t12-,15-,17?;;/m0../s1. The number of nitrogens with zero attached hydrogens (tertiary/aromatic N) is 1. The fourth-order valence-corrected chi connectivity index (χ4v) is 2.84. The van der Waals surface area contributed by atoms with Crippen molar-refractivity contribution in [2.45, 2.75) is 25.6 Å². The van der Waals surface area contributed by atoms with Gasteiger partial charge in [0, 0.05) is 12.6 Å². The molecule has 0 aromatic heterocycles. The van der Waals surface area contributed by atoms with Crippen molar-refractivity contribution in [1.82, 2.24) is 4.90 Å². The molecule has 3 fully saturated rings. The largest absolute Gasteiger partial charge is 2.00 e. The van der Waals surface area contributed by atoms with Crippen molar-refractivity contribution in [3.05, 3.63) is 99.6 Å². The molecule has 1 saturated heterocycles. The summed E-state index contributed by atoms with van der Waals surface area (Å²) >= 11 is 0. The van der Waals surface area contributed by atoms with Crippen LogP contribution in [-0.2, 0) is 28.4 Å². The molecule has 0 bridgehead atoms. The van der Waals surface area contributed by atoms with E-state index in [0.717, 1.165) is 12.5 Å². The first-order chi connectivity index (χ1) is 11.3. The number of hydrogen-bond acceptors (Lipinski definition) is 2. The summed E-state index contributed by atoms with van der Waals surface area (Å²) in [7, 11) is 0. The summed E-state index contributed by atoms with van der Waals surface area (Å²) in [5.41, 5.74) is 1.27. The summed E-state index contributed by atoms with van der Waals surface area (Å²) in [6, 6.07) is 10.7. The summed E-state index contributed by atoms with van der Waals surface area (Å²) in [5, 5.41) is 0. The fraction of sp³-hybridized carbons (Fsp3) is 0.190. The summed E-state index contributed by atoms with van der Waals surface area (Å²) in [6.45, 7) is 2.98. The number of carbonyl (C=O) groups excluding carboxylic acids is 1. The van der Waals surface area contributed by atoms with Gasteiger partial charge in [-0.3, -0.25) is 9.69 Å². The quantitative estimate of drug-likeness (QED) is 0.608. The van der Waals surface area contributed by atoms with Crippen molar-refractivity contribution in [2.75, 3.05) is 0 Å². The molecule has 1 aliphatic heterocycles. The minimum Gasteiger partial charge on any atom is -0.297 e. The van der Waals surface area contributed by atoms with Crippen molar-refractivity contribution in [3.8, 4) is 0 Å². The number of rotatable bonds is 4. The third kappa shape index (κ3) is 5.18. The van der Waals surface area contributed by atoms with E-state index in [9.17, 15) is 4.79 Å². The molecule has 1 aromatic rings. The van der Waals surface area contributed by atoms with Crippen LogP contribution >= 0.6 is 0 Å². The topological polar surface area (TPSA) is 20.1 Å². The number of ketones is 1. The van der Waals surface area contributed by atoms with E-state index in [-0.39, 0.29) is 28.9 Å². The molecular weight excluding hydrogens is 338 g/mol. The molecule has 3 atom stereocenters. The molecule has 1 unspecified atom stereocenters. The maximum atomic E-state index is 12.2. The first kappa shape index (κ1) is 19.7.